The molecule has 7 heteroatoms. The van der Waals surface area contributed by atoms with Gasteiger partial charge in [0.2, 0.25) is 11.7 Å². The molecular weight excluding hydrogens is 352 g/mol. The Hall–Kier alpha value is -2.09. The van der Waals surface area contributed by atoms with Gasteiger partial charge in [0, 0.05) is 0 Å². The first-order valence-corrected chi connectivity index (χ1v) is 10.0. The van der Waals surface area contributed by atoms with Gasteiger partial charge in [-0.25, -0.2) is 4.98 Å². The number of thiazole rings is 1. The van der Waals surface area contributed by atoms with E-state index in [-0.39, 0.29) is 0 Å². The highest BCUT2D eigenvalue weighted by atomic mass is 32.1. The first kappa shape index (κ1) is 15.2. The molecule has 0 N–H and O–H groups in total. The van der Waals surface area contributed by atoms with E-state index in [1.54, 1.807) is 22.7 Å². The molecule has 1 fully saturated rings. The van der Waals surface area contributed by atoms with Crippen molar-refractivity contribution in [2.24, 2.45) is 0 Å². The smallest absolute Gasteiger partial charge is 0.241 e. The lowest BCUT2D eigenvalue weighted by atomic mass is 10.2. The molecule has 1 aromatic carbocycles. The van der Waals surface area contributed by atoms with Crippen LogP contribution in [0.4, 0.5) is 0 Å². The van der Waals surface area contributed by atoms with E-state index >= 15 is 0 Å². The van der Waals surface area contributed by atoms with Crippen molar-refractivity contribution in [3.8, 4) is 10.7 Å². The van der Waals surface area contributed by atoms with E-state index in [1.165, 1.54) is 16.1 Å². The number of likely N-dealkylation sites (tertiary alicyclic amines) is 1. The van der Waals surface area contributed by atoms with Crippen LogP contribution < -0.4 is 0 Å². The van der Waals surface area contributed by atoms with Crippen LogP contribution in [0.3, 0.4) is 0 Å². The molecule has 3 aromatic heterocycles. The van der Waals surface area contributed by atoms with Gasteiger partial charge < -0.3 is 4.52 Å². The van der Waals surface area contributed by atoms with Gasteiger partial charge in [0.25, 0.3) is 0 Å². The number of para-hydroxylation sites is 1. The number of benzene rings is 1. The average molecular weight is 368 g/mol. The van der Waals surface area contributed by atoms with Crippen molar-refractivity contribution in [3.63, 3.8) is 0 Å². The number of aromatic nitrogens is 3. The normalized spacial score (nSPS) is 18.3. The van der Waals surface area contributed by atoms with E-state index in [1.807, 2.05) is 23.6 Å². The quantitative estimate of drug-likeness (QED) is 0.520. The second kappa shape index (κ2) is 6.33. The molecule has 0 saturated carbocycles. The minimum atomic E-state index is 0.342. The van der Waals surface area contributed by atoms with Gasteiger partial charge >= 0.3 is 0 Å². The molecule has 1 aliphatic rings. The summed E-state index contributed by atoms with van der Waals surface area (Å²) in [6, 6.07) is 12.7. The predicted molar refractivity (Wildman–Crippen MR) is 99.6 cm³/mol. The fourth-order valence-corrected chi connectivity index (χ4v) is 5.11. The maximum atomic E-state index is 5.48. The van der Waals surface area contributed by atoms with Gasteiger partial charge in [-0.05, 0) is 43.0 Å². The van der Waals surface area contributed by atoms with Gasteiger partial charge in [-0.1, -0.05) is 23.4 Å². The summed E-state index contributed by atoms with van der Waals surface area (Å²) in [5, 5.41) is 7.33. The van der Waals surface area contributed by atoms with E-state index < -0.39 is 0 Å². The van der Waals surface area contributed by atoms with E-state index in [2.05, 4.69) is 33.2 Å². The highest BCUT2D eigenvalue weighted by Crippen LogP contribution is 2.37. The summed E-state index contributed by atoms with van der Waals surface area (Å²) < 4.78 is 6.73. The van der Waals surface area contributed by atoms with E-state index in [9.17, 15) is 0 Å². The van der Waals surface area contributed by atoms with Crippen LogP contribution >= 0.6 is 22.7 Å². The first-order chi connectivity index (χ1) is 12.4. The van der Waals surface area contributed by atoms with Gasteiger partial charge in [-0.15, -0.1) is 22.7 Å². The van der Waals surface area contributed by atoms with Crippen LogP contribution in [-0.4, -0.2) is 26.6 Å². The molecular formula is C18H16N4OS2. The molecule has 1 unspecified atom stereocenters. The second-order valence-electron chi connectivity index (χ2n) is 6.14. The fourth-order valence-electron chi connectivity index (χ4n) is 3.33. The summed E-state index contributed by atoms with van der Waals surface area (Å²) in [6.45, 7) is 1.72. The SMILES string of the molecule is c1csc(-c2noc(CN3CCCC3c3nc4ccccc4s3)n2)c1. The zero-order valence-electron chi connectivity index (χ0n) is 13.5. The Labute approximate surface area is 152 Å². The Balaban J connectivity index is 1.38. The highest BCUT2D eigenvalue weighted by Gasteiger charge is 2.30. The van der Waals surface area contributed by atoms with Gasteiger partial charge in [0.1, 0.15) is 5.01 Å². The maximum Gasteiger partial charge on any atom is 0.241 e. The van der Waals surface area contributed by atoms with Crippen LogP contribution in [0.1, 0.15) is 29.8 Å². The number of fused-ring (bicyclic) bond motifs is 1. The van der Waals surface area contributed by atoms with E-state index in [0.717, 1.165) is 23.4 Å². The first-order valence-electron chi connectivity index (χ1n) is 8.33. The van der Waals surface area contributed by atoms with Crippen LogP contribution in [0, 0.1) is 0 Å². The molecule has 4 heterocycles. The molecule has 1 saturated heterocycles. The lowest BCUT2D eigenvalue weighted by Gasteiger charge is -2.20. The average Bonchev–Trinajstić information content (AvgIpc) is 3.41. The molecule has 0 bridgehead atoms. The molecule has 1 aliphatic heterocycles. The Morgan fingerprint density at radius 3 is 3.00 bits per heavy atom. The predicted octanol–water partition coefficient (Wildman–Crippen LogP) is 4.74. The fraction of sp³-hybridized carbons (Fsp3) is 0.278. The van der Waals surface area contributed by atoms with Crippen molar-refractivity contribution in [3.05, 3.63) is 52.7 Å². The van der Waals surface area contributed by atoms with E-state index in [4.69, 9.17) is 9.51 Å². The summed E-state index contributed by atoms with van der Waals surface area (Å²) in [4.78, 5) is 12.9. The molecule has 126 valence electrons. The number of rotatable bonds is 4. The van der Waals surface area contributed by atoms with Crippen molar-refractivity contribution in [2.75, 3.05) is 6.54 Å². The molecule has 0 radical (unpaired) electrons. The zero-order chi connectivity index (χ0) is 16.6. The van der Waals surface area contributed by atoms with Gasteiger partial charge in [0.05, 0.1) is 27.7 Å². The molecule has 4 aromatic rings. The topological polar surface area (TPSA) is 55.1 Å². The van der Waals surface area contributed by atoms with E-state index in [0.29, 0.717) is 24.3 Å². The monoisotopic (exact) mass is 368 g/mol. The third kappa shape index (κ3) is 2.88. The van der Waals surface area contributed by atoms with Crippen molar-refractivity contribution in [1.82, 2.24) is 20.0 Å². The highest BCUT2D eigenvalue weighted by molar-refractivity contribution is 7.18. The van der Waals surface area contributed by atoms with Crippen molar-refractivity contribution >= 4 is 32.9 Å². The molecule has 25 heavy (non-hydrogen) atoms. The van der Waals surface area contributed by atoms with Gasteiger partial charge in [-0.2, -0.15) is 4.98 Å². The number of hydrogen-bond acceptors (Lipinski definition) is 7. The summed E-state index contributed by atoms with van der Waals surface area (Å²) in [5.74, 6) is 1.36. The summed E-state index contributed by atoms with van der Waals surface area (Å²) >= 11 is 3.42. The Kier molecular flexibility index (Phi) is 3.84. The standard InChI is InChI=1S/C18H16N4OS2/c1-2-7-14-12(5-1)19-18(25-14)13-6-3-9-22(13)11-16-20-17(21-23-16)15-8-4-10-24-15/h1-2,4-5,7-8,10,13H,3,6,9,11H2. The van der Waals surface area contributed by atoms with Crippen LogP contribution in [0.5, 0.6) is 0 Å². The van der Waals surface area contributed by atoms with Crippen LogP contribution in [0.2, 0.25) is 0 Å². The molecule has 5 rings (SSSR count). The third-order valence-electron chi connectivity index (χ3n) is 4.51. The van der Waals surface area contributed by atoms with Crippen molar-refractivity contribution in [2.45, 2.75) is 25.4 Å². The number of thiophene rings is 1. The van der Waals surface area contributed by atoms with Crippen LogP contribution in [0.15, 0.2) is 46.3 Å². The van der Waals surface area contributed by atoms with Crippen molar-refractivity contribution < 1.29 is 4.52 Å². The minimum Gasteiger partial charge on any atom is -0.338 e. The number of hydrogen-bond donors (Lipinski definition) is 0. The van der Waals surface area contributed by atoms with Crippen LogP contribution in [-0.2, 0) is 6.54 Å². The lowest BCUT2D eigenvalue weighted by Crippen LogP contribution is -2.22. The molecule has 1 atom stereocenters. The van der Waals surface area contributed by atoms with Crippen LogP contribution in [0.25, 0.3) is 20.9 Å². The van der Waals surface area contributed by atoms with Crippen molar-refractivity contribution in [1.29, 1.82) is 0 Å². The van der Waals surface area contributed by atoms with Gasteiger partial charge in [-0.3, -0.25) is 4.90 Å². The molecule has 5 nitrogen and oxygen atoms in total. The second-order valence-corrected chi connectivity index (χ2v) is 8.15. The molecule has 0 amide bonds. The lowest BCUT2D eigenvalue weighted by molar-refractivity contribution is 0.212. The zero-order valence-corrected chi connectivity index (χ0v) is 15.1. The summed E-state index contributed by atoms with van der Waals surface area (Å²) in [5.41, 5.74) is 1.09. The maximum absolute atomic E-state index is 5.48. The Bertz CT molecular complexity index is 959. The molecule has 0 aliphatic carbocycles. The number of nitrogens with zero attached hydrogens (tertiary/aromatic N) is 4. The summed E-state index contributed by atoms with van der Waals surface area (Å²) in [7, 11) is 0. The van der Waals surface area contributed by atoms with Gasteiger partial charge in [0.15, 0.2) is 0 Å². The third-order valence-corrected chi connectivity index (χ3v) is 6.51. The minimum absolute atomic E-state index is 0.342. The Morgan fingerprint density at radius 2 is 2.12 bits per heavy atom. The summed E-state index contributed by atoms with van der Waals surface area (Å²) in [6.07, 6.45) is 2.30. The molecule has 0 spiro atoms. The largest absolute Gasteiger partial charge is 0.338 e. The Morgan fingerprint density at radius 1 is 1.16 bits per heavy atom.